The van der Waals surface area contributed by atoms with Crippen molar-refractivity contribution in [2.75, 3.05) is 6.61 Å². The van der Waals surface area contributed by atoms with Crippen LogP contribution in [-0.2, 0) is 6.54 Å². The van der Waals surface area contributed by atoms with Crippen molar-refractivity contribution in [2.45, 2.75) is 13.5 Å². The summed E-state index contributed by atoms with van der Waals surface area (Å²) in [6.45, 7) is 2.82. The maximum atomic E-state index is 12.5. The zero-order valence-electron chi connectivity index (χ0n) is 14.6. The Hall–Kier alpha value is -3.11. The summed E-state index contributed by atoms with van der Waals surface area (Å²) in [5.41, 5.74) is 1.84. The number of nitrogens with zero attached hydrogens (tertiary/aromatic N) is 3. The minimum Gasteiger partial charge on any atom is -0.490 e. The van der Waals surface area contributed by atoms with E-state index in [0.29, 0.717) is 34.5 Å². The lowest BCUT2D eigenvalue weighted by Gasteiger charge is -2.13. The Morgan fingerprint density at radius 3 is 2.70 bits per heavy atom. The molecule has 27 heavy (non-hydrogen) atoms. The highest BCUT2D eigenvalue weighted by atomic mass is 79.9. The van der Waals surface area contributed by atoms with Crippen molar-refractivity contribution in [1.29, 1.82) is 5.26 Å². The standard InChI is InChI=1S/C20H16BrN3O3/c1-2-26-18-11-15(12-22)10-17(21)19(18)27-20(25)16-6-4-14(5-7-16)13-24-9-3-8-23-24/h3-11H,2,13H2,1H3. The maximum absolute atomic E-state index is 12.5. The third-order valence-electron chi connectivity index (χ3n) is 3.73. The van der Waals surface area contributed by atoms with E-state index in [-0.39, 0.29) is 5.75 Å². The Balaban J connectivity index is 1.78. The van der Waals surface area contributed by atoms with Gasteiger partial charge in [0.1, 0.15) is 0 Å². The van der Waals surface area contributed by atoms with Gasteiger partial charge in [0.25, 0.3) is 0 Å². The number of carbonyl (C=O) groups excluding carboxylic acids is 1. The van der Waals surface area contributed by atoms with E-state index >= 15 is 0 Å². The fraction of sp³-hybridized carbons (Fsp3) is 0.150. The molecule has 0 aliphatic carbocycles. The van der Waals surface area contributed by atoms with Crippen LogP contribution in [-0.4, -0.2) is 22.4 Å². The van der Waals surface area contributed by atoms with Crippen LogP contribution in [0.5, 0.6) is 11.5 Å². The van der Waals surface area contributed by atoms with Gasteiger partial charge >= 0.3 is 5.97 Å². The first-order valence-electron chi connectivity index (χ1n) is 8.25. The monoisotopic (exact) mass is 425 g/mol. The molecule has 136 valence electrons. The van der Waals surface area contributed by atoms with E-state index in [1.54, 1.807) is 35.1 Å². The van der Waals surface area contributed by atoms with Gasteiger partial charge in [-0.15, -0.1) is 0 Å². The number of ether oxygens (including phenoxy) is 2. The van der Waals surface area contributed by atoms with E-state index in [9.17, 15) is 4.79 Å². The van der Waals surface area contributed by atoms with Gasteiger partial charge < -0.3 is 9.47 Å². The molecule has 3 aromatic rings. The molecule has 0 spiro atoms. The third kappa shape index (κ3) is 4.54. The minimum atomic E-state index is -0.507. The Kier molecular flexibility index (Phi) is 5.89. The lowest BCUT2D eigenvalue weighted by molar-refractivity contribution is 0.0727. The first kappa shape index (κ1) is 18.7. The number of esters is 1. The van der Waals surface area contributed by atoms with Crippen LogP contribution in [0.25, 0.3) is 0 Å². The first-order valence-corrected chi connectivity index (χ1v) is 9.05. The molecule has 6 nitrogen and oxygen atoms in total. The average Bonchev–Trinajstić information content (AvgIpc) is 3.18. The second-order valence-corrected chi connectivity index (χ2v) is 6.47. The number of carbonyl (C=O) groups is 1. The Labute approximate surface area is 165 Å². The van der Waals surface area contributed by atoms with Crippen LogP contribution in [0, 0.1) is 11.3 Å². The first-order chi connectivity index (χ1) is 13.1. The predicted molar refractivity (Wildman–Crippen MR) is 103 cm³/mol. The van der Waals surface area contributed by atoms with Gasteiger partial charge in [-0.2, -0.15) is 10.4 Å². The van der Waals surface area contributed by atoms with Gasteiger partial charge in [0.05, 0.1) is 34.8 Å². The van der Waals surface area contributed by atoms with Crippen molar-refractivity contribution in [3.8, 4) is 17.6 Å². The van der Waals surface area contributed by atoms with Crippen LogP contribution in [0.4, 0.5) is 0 Å². The lowest BCUT2D eigenvalue weighted by Crippen LogP contribution is -2.10. The normalized spacial score (nSPS) is 10.3. The second-order valence-electron chi connectivity index (χ2n) is 5.62. The Morgan fingerprint density at radius 1 is 1.30 bits per heavy atom. The van der Waals surface area contributed by atoms with Crippen LogP contribution in [0.3, 0.4) is 0 Å². The van der Waals surface area contributed by atoms with Gasteiger partial charge in [-0.1, -0.05) is 12.1 Å². The third-order valence-corrected chi connectivity index (χ3v) is 4.32. The molecule has 0 atom stereocenters. The molecule has 3 rings (SSSR count). The number of hydrogen-bond acceptors (Lipinski definition) is 5. The van der Waals surface area contributed by atoms with Crippen molar-refractivity contribution in [2.24, 2.45) is 0 Å². The average molecular weight is 426 g/mol. The van der Waals surface area contributed by atoms with Gasteiger partial charge in [0.2, 0.25) is 0 Å². The molecular weight excluding hydrogens is 410 g/mol. The summed E-state index contributed by atoms with van der Waals surface area (Å²) in [5, 5.41) is 13.2. The maximum Gasteiger partial charge on any atom is 0.343 e. The molecule has 0 saturated carbocycles. The molecule has 0 N–H and O–H groups in total. The number of aromatic nitrogens is 2. The van der Waals surface area contributed by atoms with Crippen molar-refractivity contribution in [3.05, 3.63) is 76.0 Å². The Bertz CT molecular complexity index is 977. The highest BCUT2D eigenvalue weighted by molar-refractivity contribution is 9.10. The van der Waals surface area contributed by atoms with E-state index in [1.165, 1.54) is 0 Å². The molecule has 0 amide bonds. The van der Waals surface area contributed by atoms with E-state index in [2.05, 4.69) is 21.0 Å². The molecule has 0 radical (unpaired) electrons. The fourth-order valence-corrected chi connectivity index (χ4v) is 3.00. The second kappa shape index (κ2) is 8.52. The molecule has 2 aromatic carbocycles. The molecule has 0 aliphatic rings. The zero-order chi connectivity index (χ0) is 19.2. The van der Waals surface area contributed by atoms with Crippen LogP contribution >= 0.6 is 15.9 Å². The number of benzene rings is 2. The van der Waals surface area contributed by atoms with Gasteiger partial charge in [0, 0.05) is 18.5 Å². The summed E-state index contributed by atoms with van der Waals surface area (Å²) in [7, 11) is 0. The zero-order valence-corrected chi connectivity index (χ0v) is 16.1. The predicted octanol–water partition coefficient (Wildman–Crippen LogP) is 4.18. The van der Waals surface area contributed by atoms with E-state index in [1.807, 2.05) is 37.4 Å². The van der Waals surface area contributed by atoms with Crippen LogP contribution in [0.1, 0.15) is 28.4 Å². The summed E-state index contributed by atoms with van der Waals surface area (Å²) < 4.78 is 13.3. The molecule has 0 saturated heterocycles. The smallest absolute Gasteiger partial charge is 0.343 e. The van der Waals surface area contributed by atoms with Crippen molar-refractivity contribution in [1.82, 2.24) is 9.78 Å². The number of halogens is 1. The van der Waals surface area contributed by atoms with Gasteiger partial charge in [-0.25, -0.2) is 4.79 Å². The number of rotatable bonds is 6. The topological polar surface area (TPSA) is 77.1 Å². The molecule has 0 fully saturated rings. The minimum absolute atomic E-state index is 0.251. The SMILES string of the molecule is CCOc1cc(C#N)cc(Br)c1OC(=O)c1ccc(Cn2cccn2)cc1. The van der Waals surface area contributed by atoms with Gasteiger partial charge in [-0.3, -0.25) is 4.68 Å². The van der Waals surface area contributed by atoms with Gasteiger partial charge in [0.15, 0.2) is 11.5 Å². The largest absolute Gasteiger partial charge is 0.490 e. The van der Waals surface area contributed by atoms with E-state index in [4.69, 9.17) is 14.7 Å². The number of nitriles is 1. The molecule has 0 aliphatic heterocycles. The number of hydrogen-bond donors (Lipinski definition) is 0. The molecular formula is C20H16BrN3O3. The van der Waals surface area contributed by atoms with Crippen molar-refractivity contribution in [3.63, 3.8) is 0 Å². The lowest BCUT2D eigenvalue weighted by atomic mass is 10.1. The van der Waals surface area contributed by atoms with Gasteiger partial charge in [-0.05, 0) is 52.7 Å². The van der Waals surface area contributed by atoms with E-state index in [0.717, 1.165) is 5.56 Å². The van der Waals surface area contributed by atoms with Crippen LogP contribution in [0.2, 0.25) is 0 Å². The molecule has 0 unspecified atom stereocenters. The van der Waals surface area contributed by atoms with Crippen LogP contribution < -0.4 is 9.47 Å². The fourth-order valence-electron chi connectivity index (χ4n) is 2.47. The summed E-state index contributed by atoms with van der Waals surface area (Å²) in [4.78, 5) is 12.5. The summed E-state index contributed by atoms with van der Waals surface area (Å²) in [6.07, 6.45) is 3.59. The Morgan fingerprint density at radius 2 is 2.07 bits per heavy atom. The highest BCUT2D eigenvalue weighted by Gasteiger charge is 2.17. The van der Waals surface area contributed by atoms with Crippen LogP contribution in [0.15, 0.2) is 59.3 Å². The van der Waals surface area contributed by atoms with Crippen molar-refractivity contribution < 1.29 is 14.3 Å². The molecule has 1 heterocycles. The summed E-state index contributed by atoms with van der Waals surface area (Å²) in [6, 6.07) is 14.2. The quantitative estimate of drug-likeness (QED) is 0.437. The summed E-state index contributed by atoms with van der Waals surface area (Å²) in [5.74, 6) is 0.0838. The molecule has 7 heteroatoms. The van der Waals surface area contributed by atoms with E-state index < -0.39 is 5.97 Å². The summed E-state index contributed by atoms with van der Waals surface area (Å²) >= 11 is 3.34. The molecule has 1 aromatic heterocycles. The van der Waals surface area contributed by atoms with Crippen molar-refractivity contribution >= 4 is 21.9 Å². The molecule has 0 bridgehead atoms. The highest BCUT2D eigenvalue weighted by Crippen LogP contribution is 2.37.